The third-order valence-electron chi connectivity index (χ3n) is 2.88. The number of carbonyl (C=O) groups excluding carboxylic acids is 1. The first-order chi connectivity index (χ1) is 9.56. The molecule has 0 spiro atoms. The fraction of sp³-hybridized carbons (Fsp3) is 0.125. The summed E-state index contributed by atoms with van der Waals surface area (Å²) in [6.07, 6.45) is 0. The minimum Gasteiger partial charge on any atom is -0.267 e. The van der Waals surface area contributed by atoms with Gasteiger partial charge in [-0.25, -0.2) is 5.43 Å². The standard InChI is InChI=1S/C16H15ClN2O/c1-11-6-8-13(9-7-11)16(20)19-18-12(2)14-4-3-5-15(17)10-14/h3-10H,1-2H3,(H,19,20)/b18-12-. The Morgan fingerprint density at radius 2 is 1.80 bits per heavy atom. The molecule has 0 saturated heterocycles. The molecule has 1 amide bonds. The molecule has 0 aliphatic carbocycles. The largest absolute Gasteiger partial charge is 0.271 e. The third kappa shape index (κ3) is 3.68. The Morgan fingerprint density at radius 1 is 1.10 bits per heavy atom. The first-order valence-electron chi connectivity index (χ1n) is 6.23. The Labute approximate surface area is 123 Å². The van der Waals surface area contributed by atoms with Crippen molar-refractivity contribution in [2.45, 2.75) is 13.8 Å². The zero-order valence-electron chi connectivity index (χ0n) is 11.4. The number of hydrogen-bond donors (Lipinski definition) is 1. The van der Waals surface area contributed by atoms with E-state index in [0.717, 1.165) is 11.1 Å². The number of hydrogen-bond acceptors (Lipinski definition) is 2. The maximum Gasteiger partial charge on any atom is 0.271 e. The zero-order valence-corrected chi connectivity index (χ0v) is 12.1. The predicted octanol–water partition coefficient (Wildman–Crippen LogP) is 3.80. The molecule has 2 aromatic rings. The number of benzene rings is 2. The summed E-state index contributed by atoms with van der Waals surface area (Å²) in [5.74, 6) is -0.230. The van der Waals surface area contributed by atoms with E-state index in [4.69, 9.17) is 11.6 Å². The van der Waals surface area contributed by atoms with Gasteiger partial charge in [-0.15, -0.1) is 0 Å². The lowest BCUT2D eigenvalue weighted by Gasteiger charge is -2.04. The molecule has 0 saturated carbocycles. The number of hydrazone groups is 1. The fourth-order valence-corrected chi connectivity index (χ4v) is 1.87. The van der Waals surface area contributed by atoms with E-state index in [1.807, 2.05) is 38.1 Å². The molecule has 0 aromatic heterocycles. The van der Waals surface area contributed by atoms with E-state index in [1.54, 1.807) is 24.3 Å². The van der Waals surface area contributed by atoms with Crippen molar-refractivity contribution >= 4 is 23.2 Å². The molecule has 1 N–H and O–H groups in total. The molecular weight excluding hydrogens is 272 g/mol. The van der Waals surface area contributed by atoms with Gasteiger partial charge in [0.1, 0.15) is 0 Å². The predicted molar refractivity (Wildman–Crippen MR) is 82.3 cm³/mol. The summed E-state index contributed by atoms with van der Waals surface area (Å²) in [7, 11) is 0. The van der Waals surface area contributed by atoms with E-state index >= 15 is 0 Å². The molecule has 0 unspecified atom stereocenters. The maximum atomic E-state index is 11.9. The van der Waals surface area contributed by atoms with E-state index in [2.05, 4.69) is 10.5 Å². The number of aryl methyl sites for hydroxylation is 1. The van der Waals surface area contributed by atoms with Crippen molar-refractivity contribution in [3.63, 3.8) is 0 Å². The molecule has 0 fully saturated rings. The highest BCUT2D eigenvalue weighted by atomic mass is 35.5. The van der Waals surface area contributed by atoms with Crippen molar-refractivity contribution in [3.05, 3.63) is 70.2 Å². The van der Waals surface area contributed by atoms with Crippen LogP contribution in [0.25, 0.3) is 0 Å². The van der Waals surface area contributed by atoms with Crippen LogP contribution in [-0.2, 0) is 0 Å². The van der Waals surface area contributed by atoms with Crippen LogP contribution in [0.1, 0.15) is 28.4 Å². The van der Waals surface area contributed by atoms with Gasteiger partial charge < -0.3 is 0 Å². The summed E-state index contributed by atoms with van der Waals surface area (Å²) in [5.41, 5.74) is 5.81. The van der Waals surface area contributed by atoms with Crippen LogP contribution >= 0.6 is 11.6 Å². The number of rotatable bonds is 3. The summed E-state index contributed by atoms with van der Waals surface area (Å²) in [4.78, 5) is 11.9. The second-order valence-electron chi connectivity index (χ2n) is 4.51. The molecule has 0 atom stereocenters. The second kappa shape index (κ2) is 6.35. The molecule has 102 valence electrons. The van der Waals surface area contributed by atoms with E-state index in [1.165, 1.54) is 0 Å². The van der Waals surface area contributed by atoms with Gasteiger partial charge in [-0.05, 0) is 43.7 Å². The molecule has 4 heteroatoms. The summed E-state index contributed by atoms with van der Waals surface area (Å²) in [6, 6.07) is 14.7. The summed E-state index contributed by atoms with van der Waals surface area (Å²) >= 11 is 5.92. The van der Waals surface area contributed by atoms with Crippen LogP contribution < -0.4 is 5.43 Å². The molecule has 0 aliphatic rings. The second-order valence-corrected chi connectivity index (χ2v) is 4.95. The van der Waals surface area contributed by atoms with Crippen LogP contribution in [0.15, 0.2) is 53.6 Å². The van der Waals surface area contributed by atoms with Crippen molar-refractivity contribution in [1.29, 1.82) is 0 Å². The first kappa shape index (κ1) is 14.3. The van der Waals surface area contributed by atoms with Gasteiger partial charge in [0, 0.05) is 10.6 Å². The van der Waals surface area contributed by atoms with Crippen LogP contribution in [0.4, 0.5) is 0 Å². The van der Waals surface area contributed by atoms with Gasteiger partial charge >= 0.3 is 0 Å². The van der Waals surface area contributed by atoms with Crippen molar-refractivity contribution in [3.8, 4) is 0 Å². The van der Waals surface area contributed by atoms with Crippen molar-refractivity contribution < 1.29 is 4.79 Å². The van der Waals surface area contributed by atoms with Gasteiger partial charge in [0.2, 0.25) is 0 Å². The van der Waals surface area contributed by atoms with Gasteiger partial charge in [-0.1, -0.05) is 41.4 Å². The van der Waals surface area contributed by atoms with E-state index in [9.17, 15) is 4.79 Å². The molecule has 20 heavy (non-hydrogen) atoms. The molecule has 2 rings (SSSR count). The summed E-state index contributed by atoms with van der Waals surface area (Å²) in [5, 5.41) is 4.73. The van der Waals surface area contributed by atoms with Crippen LogP contribution in [0.2, 0.25) is 5.02 Å². The monoisotopic (exact) mass is 286 g/mol. The van der Waals surface area contributed by atoms with Crippen LogP contribution in [0.5, 0.6) is 0 Å². The average Bonchev–Trinajstić information content (AvgIpc) is 2.45. The van der Waals surface area contributed by atoms with Gasteiger partial charge in [0.05, 0.1) is 5.71 Å². The highest BCUT2D eigenvalue weighted by Crippen LogP contribution is 2.11. The summed E-state index contributed by atoms with van der Waals surface area (Å²) in [6.45, 7) is 3.80. The Bertz CT molecular complexity index is 648. The van der Waals surface area contributed by atoms with Crippen molar-refractivity contribution in [2.24, 2.45) is 5.10 Å². The maximum absolute atomic E-state index is 11.9. The number of amides is 1. The number of halogens is 1. The van der Waals surface area contributed by atoms with Crippen LogP contribution in [0.3, 0.4) is 0 Å². The normalized spacial score (nSPS) is 11.2. The molecular formula is C16H15ClN2O. The van der Waals surface area contributed by atoms with E-state index in [-0.39, 0.29) is 5.91 Å². The minimum atomic E-state index is -0.230. The lowest BCUT2D eigenvalue weighted by Crippen LogP contribution is -2.19. The van der Waals surface area contributed by atoms with Crippen molar-refractivity contribution in [1.82, 2.24) is 5.43 Å². The van der Waals surface area contributed by atoms with Gasteiger partial charge in [-0.3, -0.25) is 4.79 Å². The number of carbonyl (C=O) groups is 1. The summed E-state index contributed by atoms with van der Waals surface area (Å²) < 4.78 is 0. The Hall–Kier alpha value is -2.13. The molecule has 0 radical (unpaired) electrons. The molecule has 0 aliphatic heterocycles. The SMILES string of the molecule is C/C(=N/NC(=O)c1ccc(C)cc1)c1cccc(Cl)c1. The Kier molecular flexibility index (Phi) is 4.53. The zero-order chi connectivity index (χ0) is 14.5. The molecule has 0 bridgehead atoms. The number of nitrogens with one attached hydrogen (secondary N) is 1. The van der Waals surface area contributed by atoms with Crippen LogP contribution in [-0.4, -0.2) is 11.6 Å². The highest BCUT2D eigenvalue weighted by Gasteiger charge is 2.04. The van der Waals surface area contributed by atoms with Gasteiger partial charge in [0.25, 0.3) is 5.91 Å². The smallest absolute Gasteiger partial charge is 0.267 e. The van der Waals surface area contributed by atoms with Gasteiger partial charge in [-0.2, -0.15) is 5.10 Å². The van der Waals surface area contributed by atoms with Crippen molar-refractivity contribution in [2.75, 3.05) is 0 Å². The van der Waals surface area contributed by atoms with E-state index < -0.39 is 0 Å². The fourth-order valence-electron chi connectivity index (χ4n) is 1.68. The number of nitrogens with zero attached hydrogens (tertiary/aromatic N) is 1. The average molecular weight is 287 g/mol. The molecule has 3 nitrogen and oxygen atoms in total. The van der Waals surface area contributed by atoms with Crippen LogP contribution in [0, 0.1) is 6.92 Å². The van der Waals surface area contributed by atoms with E-state index in [0.29, 0.717) is 16.3 Å². The lowest BCUT2D eigenvalue weighted by atomic mass is 10.1. The quantitative estimate of drug-likeness (QED) is 0.677. The van der Waals surface area contributed by atoms with Gasteiger partial charge in [0.15, 0.2) is 0 Å². The topological polar surface area (TPSA) is 41.5 Å². The Balaban J connectivity index is 2.08. The lowest BCUT2D eigenvalue weighted by molar-refractivity contribution is 0.0955. The molecule has 0 heterocycles. The minimum absolute atomic E-state index is 0.230. The molecule has 2 aromatic carbocycles. The first-order valence-corrected chi connectivity index (χ1v) is 6.61. The highest BCUT2D eigenvalue weighted by molar-refractivity contribution is 6.31. The third-order valence-corrected chi connectivity index (χ3v) is 3.12. The Morgan fingerprint density at radius 3 is 2.45 bits per heavy atom.